The highest BCUT2D eigenvalue weighted by molar-refractivity contribution is 8.00. The van der Waals surface area contributed by atoms with Crippen molar-refractivity contribution in [3.05, 3.63) is 65.2 Å². The van der Waals surface area contributed by atoms with E-state index in [0.29, 0.717) is 11.6 Å². The largest absolute Gasteiger partial charge is 0.478 e. The van der Waals surface area contributed by atoms with E-state index in [1.807, 2.05) is 0 Å². The van der Waals surface area contributed by atoms with Gasteiger partial charge in [-0.3, -0.25) is 4.79 Å². The van der Waals surface area contributed by atoms with Crippen LogP contribution in [0.5, 0.6) is 0 Å². The lowest BCUT2D eigenvalue weighted by Gasteiger charge is -2.10. The quantitative estimate of drug-likeness (QED) is 0.648. The number of aromatic carboxylic acids is 1. The van der Waals surface area contributed by atoms with Crippen molar-refractivity contribution in [2.75, 3.05) is 5.75 Å². The summed E-state index contributed by atoms with van der Waals surface area (Å²) in [6.45, 7) is 0. The van der Waals surface area contributed by atoms with Crippen molar-refractivity contribution in [2.45, 2.75) is 11.1 Å². The number of carboxylic acid groups (broad SMARTS) is 1. The molecule has 0 saturated carbocycles. The number of carbonyl (C=O) groups is 2. The van der Waals surface area contributed by atoms with Crippen LogP contribution in [-0.4, -0.2) is 22.6 Å². The highest BCUT2D eigenvalue weighted by Gasteiger charge is 2.31. The summed E-state index contributed by atoms with van der Waals surface area (Å²) in [5, 5.41) is 9.07. The zero-order chi connectivity index (χ0) is 17.0. The molecule has 0 aliphatic rings. The molecule has 0 aliphatic carbocycles. The second-order valence-corrected chi connectivity index (χ2v) is 5.61. The van der Waals surface area contributed by atoms with Gasteiger partial charge >= 0.3 is 12.1 Å². The van der Waals surface area contributed by atoms with Crippen LogP contribution in [0.1, 0.15) is 26.3 Å². The molecule has 0 fully saturated rings. The molecule has 0 spiro atoms. The molecule has 2 aromatic carbocycles. The lowest BCUT2D eigenvalue weighted by molar-refractivity contribution is -0.137. The molecule has 0 aliphatic heterocycles. The molecule has 0 saturated heterocycles. The molecule has 2 rings (SSSR count). The maximum Gasteiger partial charge on any atom is 0.416 e. The van der Waals surface area contributed by atoms with Crippen LogP contribution in [0.4, 0.5) is 13.2 Å². The number of thioether (sulfide) groups is 1. The van der Waals surface area contributed by atoms with Crippen molar-refractivity contribution in [1.82, 2.24) is 0 Å². The molecule has 3 nitrogen and oxygen atoms in total. The molecule has 0 amide bonds. The predicted octanol–water partition coefficient (Wildman–Crippen LogP) is 4.38. The molecule has 0 unspecified atom stereocenters. The van der Waals surface area contributed by atoms with Crippen molar-refractivity contribution in [3.8, 4) is 0 Å². The van der Waals surface area contributed by atoms with E-state index in [4.69, 9.17) is 5.11 Å². The number of halogens is 3. The summed E-state index contributed by atoms with van der Waals surface area (Å²) >= 11 is 0.900. The average molecular weight is 340 g/mol. The number of benzene rings is 2. The molecule has 7 heteroatoms. The highest BCUT2D eigenvalue weighted by Crippen LogP contribution is 2.33. The Labute approximate surface area is 134 Å². The summed E-state index contributed by atoms with van der Waals surface area (Å²) in [7, 11) is 0. The lowest BCUT2D eigenvalue weighted by Crippen LogP contribution is -2.09. The number of Topliss-reactive ketones (excluding diaryl/α,β-unsaturated/α-hetero) is 1. The van der Waals surface area contributed by atoms with Crippen molar-refractivity contribution in [1.29, 1.82) is 0 Å². The summed E-state index contributed by atoms with van der Waals surface area (Å²) < 4.78 is 37.9. The minimum Gasteiger partial charge on any atom is -0.478 e. The monoisotopic (exact) mass is 340 g/mol. The van der Waals surface area contributed by atoms with Gasteiger partial charge in [0.25, 0.3) is 0 Å². The second-order valence-electron chi connectivity index (χ2n) is 4.59. The van der Waals surface area contributed by atoms with Gasteiger partial charge in [-0.2, -0.15) is 13.2 Å². The maximum atomic E-state index is 12.6. The van der Waals surface area contributed by atoms with Crippen LogP contribution < -0.4 is 0 Å². The van der Waals surface area contributed by atoms with Gasteiger partial charge in [0, 0.05) is 10.5 Å². The molecular formula is C16H11F3O3S. The first-order valence-electron chi connectivity index (χ1n) is 6.44. The van der Waals surface area contributed by atoms with Gasteiger partial charge in [-0.15, -0.1) is 11.8 Å². The van der Waals surface area contributed by atoms with E-state index in [2.05, 4.69) is 0 Å². The number of carbonyl (C=O) groups excluding carboxylic acids is 1. The molecule has 120 valence electrons. The Morgan fingerprint density at radius 1 is 1.04 bits per heavy atom. The van der Waals surface area contributed by atoms with Gasteiger partial charge in [0.15, 0.2) is 5.78 Å². The Hall–Kier alpha value is -2.28. The molecule has 1 N–H and O–H groups in total. The molecule has 0 aromatic heterocycles. The number of rotatable bonds is 5. The molecule has 0 bridgehead atoms. The lowest BCUT2D eigenvalue weighted by atomic mass is 10.1. The SMILES string of the molecule is O=C(CSc1ccc(C(F)(F)F)cc1C(=O)O)c1ccccc1. The Kier molecular flexibility index (Phi) is 5.10. The van der Waals surface area contributed by atoms with E-state index in [1.165, 1.54) is 0 Å². The van der Waals surface area contributed by atoms with Crippen molar-refractivity contribution < 1.29 is 27.9 Å². The third kappa shape index (κ3) is 4.35. The molecule has 0 radical (unpaired) electrons. The molecular weight excluding hydrogens is 329 g/mol. The average Bonchev–Trinajstić information content (AvgIpc) is 2.52. The maximum absolute atomic E-state index is 12.6. The van der Waals surface area contributed by atoms with Gasteiger partial charge in [0.05, 0.1) is 16.9 Å². The van der Waals surface area contributed by atoms with Gasteiger partial charge in [0.1, 0.15) is 0 Å². The number of carboxylic acids is 1. The van der Waals surface area contributed by atoms with E-state index in [1.54, 1.807) is 30.3 Å². The van der Waals surface area contributed by atoms with Crippen LogP contribution in [0.25, 0.3) is 0 Å². The zero-order valence-electron chi connectivity index (χ0n) is 11.6. The molecule has 0 heterocycles. The zero-order valence-corrected chi connectivity index (χ0v) is 12.4. The summed E-state index contributed by atoms with van der Waals surface area (Å²) in [4.78, 5) is 23.2. The van der Waals surface area contributed by atoms with E-state index >= 15 is 0 Å². The van der Waals surface area contributed by atoms with Gasteiger partial charge < -0.3 is 5.11 Å². The summed E-state index contributed by atoms with van der Waals surface area (Å²) in [5.74, 6) is -1.76. The first-order valence-corrected chi connectivity index (χ1v) is 7.43. The summed E-state index contributed by atoms with van der Waals surface area (Å²) in [6.07, 6.45) is -4.62. The Bertz CT molecular complexity index is 727. The standard InChI is InChI=1S/C16H11F3O3S/c17-16(18,19)11-6-7-14(12(8-11)15(21)22)23-9-13(20)10-4-2-1-3-5-10/h1-8H,9H2,(H,21,22). The van der Waals surface area contributed by atoms with Crippen molar-refractivity contribution in [2.24, 2.45) is 0 Å². The summed E-state index contributed by atoms with van der Waals surface area (Å²) in [6, 6.07) is 10.8. The van der Waals surface area contributed by atoms with Crippen LogP contribution >= 0.6 is 11.8 Å². The number of ketones is 1. The van der Waals surface area contributed by atoms with E-state index in [9.17, 15) is 22.8 Å². The fourth-order valence-corrected chi connectivity index (χ4v) is 2.77. The normalized spacial score (nSPS) is 11.3. The second kappa shape index (κ2) is 6.87. The van der Waals surface area contributed by atoms with Crippen molar-refractivity contribution >= 4 is 23.5 Å². The Balaban J connectivity index is 2.20. The van der Waals surface area contributed by atoms with E-state index in [-0.39, 0.29) is 16.4 Å². The summed E-state index contributed by atoms with van der Waals surface area (Å²) in [5.41, 5.74) is -1.04. The van der Waals surface area contributed by atoms with Crippen LogP contribution in [0.15, 0.2) is 53.4 Å². The van der Waals surface area contributed by atoms with Crippen LogP contribution in [0, 0.1) is 0 Å². The van der Waals surface area contributed by atoms with Gasteiger partial charge in [-0.1, -0.05) is 30.3 Å². The van der Waals surface area contributed by atoms with Gasteiger partial charge in [-0.25, -0.2) is 4.79 Å². The molecule has 0 atom stereocenters. The van der Waals surface area contributed by atoms with E-state index < -0.39 is 23.3 Å². The Morgan fingerprint density at radius 2 is 1.70 bits per heavy atom. The molecule has 2 aromatic rings. The number of hydrogen-bond donors (Lipinski definition) is 1. The highest BCUT2D eigenvalue weighted by atomic mass is 32.2. The molecule has 23 heavy (non-hydrogen) atoms. The topological polar surface area (TPSA) is 54.4 Å². The fraction of sp³-hybridized carbons (Fsp3) is 0.125. The van der Waals surface area contributed by atoms with Crippen LogP contribution in [0.2, 0.25) is 0 Å². The minimum atomic E-state index is -4.62. The predicted molar refractivity (Wildman–Crippen MR) is 79.9 cm³/mol. The van der Waals surface area contributed by atoms with Gasteiger partial charge in [-0.05, 0) is 18.2 Å². The number of hydrogen-bond acceptors (Lipinski definition) is 3. The van der Waals surface area contributed by atoms with E-state index in [0.717, 1.165) is 23.9 Å². The number of alkyl halides is 3. The van der Waals surface area contributed by atoms with Gasteiger partial charge in [0.2, 0.25) is 0 Å². The van der Waals surface area contributed by atoms with Crippen molar-refractivity contribution in [3.63, 3.8) is 0 Å². The van der Waals surface area contributed by atoms with Crippen LogP contribution in [0.3, 0.4) is 0 Å². The first kappa shape index (κ1) is 17.1. The smallest absolute Gasteiger partial charge is 0.416 e. The minimum absolute atomic E-state index is 0.0599. The first-order chi connectivity index (χ1) is 10.8. The van der Waals surface area contributed by atoms with Crippen LogP contribution in [-0.2, 0) is 6.18 Å². The third-order valence-electron chi connectivity index (χ3n) is 2.99. The third-order valence-corrected chi connectivity index (χ3v) is 4.07. The fourth-order valence-electron chi connectivity index (χ4n) is 1.85. The Morgan fingerprint density at radius 3 is 2.26 bits per heavy atom.